The minimum Gasteiger partial charge on any atom is -0.381 e. The van der Waals surface area contributed by atoms with Gasteiger partial charge in [0.05, 0.1) is 18.2 Å². The lowest BCUT2D eigenvalue weighted by Gasteiger charge is -2.39. The largest absolute Gasteiger partial charge is 0.381 e. The van der Waals surface area contributed by atoms with Crippen LogP contribution in [0.1, 0.15) is 79.9 Å². The molecule has 2 saturated heterocycles. The van der Waals surface area contributed by atoms with E-state index >= 15 is 0 Å². The summed E-state index contributed by atoms with van der Waals surface area (Å²) in [5, 5.41) is 26.5. The Balaban J connectivity index is 1.50. The second-order valence-electron chi connectivity index (χ2n) is 10.9. The van der Waals surface area contributed by atoms with Gasteiger partial charge < -0.3 is 15.0 Å². The number of carbonyl (C=O) groups excluding carboxylic acids is 3. The number of fused-ring (bicyclic) bond motifs is 2. The minimum absolute atomic E-state index is 0.0190. The van der Waals surface area contributed by atoms with Crippen molar-refractivity contribution in [2.45, 2.75) is 82.0 Å². The van der Waals surface area contributed by atoms with Crippen molar-refractivity contribution in [2.24, 2.45) is 11.8 Å². The van der Waals surface area contributed by atoms with Crippen molar-refractivity contribution in [3.05, 3.63) is 11.3 Å². The van der Waals surface area contributed by atoms with Crippen molar-refractivity contribution in [3.63, 3.8) is 0 Å². The summed E-state index contributed by atoms with van der Waals surface area (Å²) in [6, 6.07) is 2.87. The average molecular weight is 506 g/mol. The first-order chi connectivity index (χ1) is 18.0. The van der Waals surface area contributed by atoms with Gasteiger partial charge in [-0.1, -0.05) is 0 Å². The van der Waals surface area contributed by atoms with E-state index in [1.54, 1.807) is 9.80 Å². The number of nitrogens with one attached hydrogen (secondary N) is 1. The van der Waals surface area contributed by atoms with E-state index < -0.39 is 23.9 Å². The number of carbonyl (C=O) groups is 3. The van der Waals surface area contributed by atoms with Crippen LogP contribution in [-0.4, -0.2) is 70.3 Å². The number of nitrogens with zero attached hydrogens (tertiary/aromatic N) is 6. The van der Waals surface area contributed by atoms with Gasteiger partial charge >= 0.3 is 0 Å². The molecule has 0 radical (unpaired) electrons. The van der Waals surface area contributed by atoms with E-state index in [1.165, 1.54) is 0 Å². The SMILES string of the molecule is CCN1C(=O)[C@@H](NC(=O)CC#N)[C@@H](C2CC2)c2c(C(=O)N3[C@H](C#N)C[C@H]4C[C@H]43)nn(C3CCOCC3)c21. The molecule has 3 aliphatic heterocycles. The van der Waals surface area contributed by atoms with Crippen molar-refractivity contribution >= 4 is 23.5 Å². The predicted octanol–water partition coefficient (Wildman–Crippen LogP) is 1.62. The zero-order valence-electron chi connectivity index (χ0n) is 20.9. The molecule has 2 aliphatic carbocycles. The molecule has 37 heavy (non-hydrogen) atoms. The fourth-order valence-corrected chi connectivity index (χ4v) is 6.65. The fraction of sp³-hybridized carbons (Fsp3) is 0.692. The van der Waals surface area contributed by atoms with Gasteiger partial charge in [0.1, 0.15) is 24.3 Å². The Kier molecular flexibility index (Phi) is 5.91. The van der Waals surface area contributed by atoms with Gasteiger partial charge in [-0.2, -0.15) is 15.6 Å². The molecule has 194 valence electrons. The maximum atomic E-state index is 14.2. The molecule has 0 aromatic carbocycles. The molecule has 5 aliphatic rings. The Hall–Kier alpha value is -3.44. The van der Waals surface area contributed by atoms with Crippen LogP contribution in [0.5, 0.6) is 0 Å². The van der Waals surface area contributed by atoms with E-state index in [9.17, 15) is 19.6 Å². The van der Waals surface area contributed by atoms with Crippen molar-refractivity contribution in [3.8, 4) is 12.1 Å². The number of ether oxygens (including phenoxy) is 1. The number of piperidine rings is 1. The van der Waals surface area contributed by atoms with Gasteiger partial charge in [-0.05, 0) is 57.3 Å². The maximum Gasteiger partial charge on any atom is 0.276 e. The van der Waals surface area contributed by atoms with E-state index in [0.29, 0.717) is 49.2 Å². The van der Waals surface area contributed by atoms with E-state index in [0.717, 1.165) is 32.1 Å². The number of likely N-dealkylation sites (tertiary alicyclic amines) is 1. The Morgan fingerprint density at radius 3 is 2.54 bits per heavy atom. The van der Waals surface area contributed by atoms with E-state index in [1.807, 2.05) is 17.7 Å². The molecule has 1 N–H and O–H groups in total. The Labute approximate surface area is 215 Å². The molecule has 0 unspecified atom stereocenters. The van der Waals surface area contributed by atoms with Gasteiger partial charge in [0.2, 0.25) is 5.91 Å². The summed E-state index contributed by atoms with van der Waals surface area (Å²) >= 11 is 0. The van der Waals surface area contributed by atoms with Crippen LogP contribution in [-0.2, 0) is 14.3 Å². The first-order valence-corrected chi connectivity index (χ1v) is 13.4. The van der Waals surface area contributed by atoms with Gasteiger partial charge in [0, 0.05) is 37.3 Å². The monoisotopic (exact) mass is 505 g/mol. The number of hydrogen-bond acceptors (Lipinski definition) is 7. The van der Waals surface area contributed by atoms with Crippen LogP contribution < -0.4 is 10.2 Å². The Morgan fingerprint density at radius 2 is 1.89 bits per heavy atom. The first kappa shape index (κ1) is 23.9. The zero-order chi connectivity index (χ0) is 25.8. The number of aromatic nitrogens is 2. The minimum atomic E-state index is -0.862. The predicted molar refractivity (Wildman–Crippen MR) is 129 cm³/mol. The first-order valence-electron chi connectivity index (χ1n) is 13.4. The molecule has 4 fully saturated rings. The third-order valence-electron chi connectivity index (χ3n) is 8.63. The van der Waals surface area contributed by atoms with Crippen molar-refractivity contribution in [1.82, 2.24) is 20.0 Å². The Morgan fingerprint density at radius 1 is 1.14 bits per heavy atom. The molecule has 11 nitrogen and oxygen atoms in total. The quantitative estimate of drug-likeness (QED) is 0.618. The standard InChI is InChI=1S/C26H31N7O4/c1-2-31-24-21(20(14-3-4-14)22(25(31)35)29-19(34)5-8-27)23(30-33(24)16-6-9-37-10-7-16)26(36)32-17(13-28)11-15-12-18(15)32/h14-18,20,22H,2-7,9-12H2,1H3,(H,29,34)/t15-,17-,18+,20-,22-/m0/s1. The molecule has 11 heteroatoms. The number of rotatable bonds is 6. The summed E-state index contributed by atoms with van der Waals surface area (Å²) in [6.07, 6.45) is 4.48. The zero-order valence-corrected chi connectivity index (χ0v) is 20.9. The summed E-state index contributed by atoms with van der Waals surface area (Å²) in [5.41, 5.74) is 1.01. The van der Waals surface area contributed by atoms with Crippen molar-refractivity contribution in [2.75, 3.05) is 24.7 Å². The van der Waals surface area contributed by atoms with Crippen molar-refractivity contribution < 1.29 is 19.1 Å². The van der Waals surface area contributed by atoms with E-state index in [2.05, 4.69) is 11.4 Å². The second-order valence-corrected chi connectivity index (χ2v) is 10.9. The molecule has 4 heterocycles. The van der Waals surface area contributed by atoms with Gasteiger partial charge in [-0.3, -0.25) is 19.3 Å². The highest BCUT2D eigenvalue weighted by molar-refractivity contribution is 6.05. The van der Waals surface area contributed by atoms with Crippen LogP contribution in [0.3, 0.4) is 0 Å². The fourth-order valence-electron chi connectivity index (χ4n) is 6.65. The highest BCUT2D eigenvalue weighted by Gasteiger charge is 2.57. The highest BCUT2D eigenvalue weighted by Crippen LogP contribution is 2.53. The van der Waals surface area contributed by atoms with Gasteiger partial charge in [0.15, 0.2) is 5.69 Å². The number of anilines is 1. The number of nitriles is 2. The van der Waals surface area contributed by atoms with E-state index in [-0.39, 0.29) is 36.2 Å². The van der Waals surface area contributed by atoms with Gasteiger partial charge in [-0.15, -0.1) is 0 Å². The summed E-state index contributed by atoms with van der Waals surface area (Å²) in [5.74, 6) is -0.245. The maximum absolute atomic E-state index is 14.2. The average Bonchev–Trinajstić information content (AvgIpc) is 3.82. The topological polar surface area (TPSA) is 144 Å². The third kappa shape index (κ3) is 3.88. The van der Waals surface area contributed by atoms with Crippen molar-refractivity contribution in [1.29, 1.82) is 10.5 Å². The van der Waals surface area contributed by atoms with Crippen LogP contribution in [0, 0.1) is 34.5 Å². The molecule has 6 rings (SSSR count). The molecular weight excluding hydrogens is 474 g/mol. The smallest absolute Gasteiger partial charge is 0.276 e. The lowest BCUT2D eigenvalue weighted by molar-refractivity contribution is -0.128. The molecule has 5 atom stereocenters. The van der Waals surface area contributed by atoms with Crippen LogP contribution >= 0.6 is 0 Å². The second kappa shape index (κ2) is 9.14. The summed E-state index contributed by atoms with van der Waals surface area (Å²) in [4.78, 5) is 43.9. The summed E-state index contributed by atoms with van der Waals surface area (Å²) in [6.45, 7) is 3.38. The summed E-state index contributed by atoms with van der Waals surface area (Å²) in [7, 11) is 0. The number of hydrogen-bond donors (Lipinski definition) is 1. The van der Waals surface area contributed by atoms with Crippen LogP contribution in [0.25, 0.3) is 0 Å². The number of likely N-dealkylation sites (N-methyl/N-ethyl adjacent to an activating group) is 1. The lowest BCUT2D eigenvalue weighted by atomic mass is 9.82. The van der Waals surface area contributed by atoms with Crippen LogP contribution in [0.4, 0.5) is 5.82 Å². The molecule has 2 saturated carbocycles. The molecule has 1 aromatic rings. The summed E-state index contributed by atoms with van der Waals surface area (Å²) < 4.78 is 7.43. The lowest BCUT2D eigenvalue weighted by Crippen LogP contribution is -2.56. The van der Waals surface area contributed by atoms with Crippen LogP contribution in [0.15, 0.2) is 0 Å². The van der Waals surface area contributed by atoms with Gasteiger partial charge in [-0.25, -0.2) is 4.68 Å². The molecule has 0 bridgehead atoms. The molecule has 0 spiro atoms. The molecule has 3 amide bonds. The van der Waals surface area contributed by atoms with Gasteiger partial charge in [0.25, 0.3) is 11.8 Å². The molecule has 1 aromatic heterocycles. The third-order valence-corrected chi connectivity index (χ3v) is 8.63. The Bertz CT molecular complexity index is 1220. The highest BCUT2D eigenvalue weighted by atomic mass is 16.5. The number of amides is 3. The molecular formula is C26H31N7O4. The normalized spacial score (nSPS) is 30.8. The van der Waals surface area contributed by atoms with E-state index in [4.69, 9.17) is 15.1 Å². The van der Waals surface area contributed by atoms with Crippen LogP contribution in [0.2, 0.25) is 0 Å².